The van der Waals surface area contributed by atoms with Crippen molar-refractivity contribution < 1.29 is 33.4 Å². The van der Waals surface area contributed by atoms with Gasteiger partial charge in [-0.2, -0.15) is 0 Å². The lowest BCUT2D eigenvalue weighted by atomic mass is 9.96. The van der Waals surface area contributed by atoms with Crippen LogP contribution in [0.25, 0.3) is 10.9 Å². The number of hydrogen-bond donors (Lipinski definition) is 3. The Hall–Kier alpha value is -3.75. The van der Waals surface area contributed by atoms with Crippen LogP contribution in [0.3, 0.4) is 0 Å². The standard InChI is InChI=1S/C23H22F2N2O5/c1-11(23(31)32)10-26-21(29)12(2)20-13(3)27(19-7-5-15(28)9-16(19)20)22(30)14-4-6-17(24)18(25)8-14/h4-9,11-12,28H,10H2,1-3H3,(H,26,29)(H,31,32). The van der Waals surface area contributed by atoms with Crippen molar-refractivity contribution in [3.05, 3.63) is 64.9 Å². The number of fused-ring (bicyclic) bond motifs is 1. The van der Waals surface area contributed by atoms with Crippen LogP contribution in [0.1, 0.15) is 41.4 Å². The number of carbonyl (C=O) groups excluding carboxylic acids is 2. The highest BCUT2D eigenvalue weighted by Crippen LogP contribution is 2.34. The molecule has 3 N–H and O–H groups in total. The third-order valence-corrected chi connectivity index (χ3v) is 5.44. The number of amides is 1. The molecule has 168 valence electrons. The molecule has 3 rings (SSSR count). The van der Waals surface area contributed by atoms with E-state index in [4.69, 9.17) is 5.11 Å². The Morgan fingerprint density at radius 2 is 1.75 bits per heavy atom. The van der Waals surface area contributed by atoms with E-state index in [9.17, 15) is 28.3 Å². The maximum absolute atomic E-state index is 13.7. The van der Waals surface area contributed by atoms with Crippen LogP contribution in [0.5, 0.6) is 5.75 Å². The number of carbonyl (C=O) groups is 3. The molecule has 9 heteroatoms. The Morgan fingerprint density at radius 3 is 2.38 bits per heavy atom. The molecule has 1 heterocycles. The molecule has 0 saturated carbocycles. The number of halogens is 2. The molecule has 0 spiro atoms. The molecule has 0 aliphatic heterocycles. The molecule has 0 aliphatic carbocycles. The summed E-state index contributed by atoms with van der Waals surface area (Å²) in [5, 5.41) is 22.0. The summed E-state index contributed by atoms with van der Waals surface area (Å²) in [5.41, 5.74) is 1.13. The fraction of sp³-hybridized carbons (Fsp3) is 0.261. The number of hydrogen-bond acceptors (Lipinski definition) is 4. The van der Waals surface area contributed by atoms with Crippen molar-refractivity contribution in [2.24, 2.45) is 5.92 Å². The van der Waals surface area contributed by atoms with Crippen molar-refractivity contribution in [3.8, 4) is 5.75 Å². The topological polar surface area (TPSA) is 109 Å². The first-order valence-electron chi connectivity index (χ1n) is 9.87. The molecular weight excluding hydrogens is 422 g/mol. The number of carboxylic acid groups (broad SMARTS) is 1. The Bertz CT molecular complexity index is 1230. The first-order chi connectivity index (χ1) is 15.0. The number of carboxylic acids is 1. The number of rotatable bonds is 6. The second-order valence-electron chi connectivity index (χ2n) is 7.68. The molecular formula is C23H22F2N2O5. The summed E-state index contributed by atoms with van der Waals surface area (Å²) in [6.07, 6.45) is 0. The molecule has 7 nitrogen and oxygen atoms in total. The van der Waals surface area contributed by atoms with Crippen molar-refractivity contribution in [2.45, 2.75) is 26.7 Å². The van der Waals surface area contributed by atoms with Gasteiger partial charge in [0.15, 0.2) is 11.6 Å². The van der Waals surface area contributed by atoms with Crippen molar-refractivity contribution in [1.29, 1.82) is 0 Å². The summed E-state index contributed by atoms with van der Waals surface area (Å²) in [6, 6.07) is 7.10. The van der Waals surface area contributed by atoms with Crippen LogP contribution < -0.4 is 5.32 Å². The number of nitrogens with zero attached hydrogens (tertiary/aromatic N) is 1. The van der Waals surface area contributed by atoms with Crippen molar-refractivity contribution >= 4 is 28.7 Å². The highest BCUT2D eigenvalue weighted by atomic mass is 19.2. The predicted molar refractivity (Wildman–Crippen MR) is 113 cm³/mol. The number of phenols is 1. The Morgan fingerprint density at radius 1 is 1.06 bits per heavy atom. The van der Waals surface area contributed by atoms with E-state index in [0.717, 1.165) is 18.2 Å². The van der Waals surface area contributed by atoms with E-state index in [1.54, 1.807) is 13.8 Å². The lowest BCUT2D eigenvalue weighted by Crippen LogP contribution is -2.34. The van der Waals surface area contributed by atoms with Gasteiger partial charge in [0.2, 0.25) is 5.91 Å². The molecule has 0 aliphatic rings. The minimum atomic E-state index is -1.16. The smallest absolute Gasteiger partial charge is 0.308 e. The van der Waals surface area contributed by atoms with E-state index in [1.165, 1.54) is 29.7 Å². The van der Waals surface area contributed by atoms with Crippen LogP contribution in [0.15, 0.2) is 36.4 Å². The fourth-order valence-electron chi connectivity index (χ4n) is 3.62. The summed E-state index contributed by atoms with van der Waals surface area (Å²) < 4.78 is 28.3. The SMILES string of the molecule is Cc1c(C(C)C(=O)NCC(C)C(=O)O)c2cc(O)ccc2n1C(=O)c1ccc(F)c(F)c1. The van der Waals surface area contributed by atoms with Crippen molar-refractivity contribution in [2.75, 3.05) is 6.54 Å². The zero-order valence-electron chi connectivity index (χ0n) is 17.6. The normalized spacial score (nSPS) is 13.0. The molecule has 0 bridgehead atoms. The molecule has 0 fully saturated rings. The van der Waals surface area contributed by atoms with Gasteiger partial charge in [0.1, 0.15) is 5.75 Å². The lowest BCUT2D eigenvalue weighted by Gasteiger charge is -2.15. The van der Waals surface area contributed by atoms with E-state index < -0.39 is 41.3 Å². The molecule has 1 aromatic heterocycles. The first kappa shape index (κ1) is 22.9. The highest BCUT2D eigenvalue weighted by molar-refractivity contribution is 6.05. The number of aromatic nitrogens is 1. The van der Waals surface area contributed by atoms with Gasteiger partial charge >= 0.3 is 5.97 Å². The molecule has 1 amide bonds. The highest BCUT2D eigenvalue weighted by Gasteiger charge is 2.27. The minimum Gasteiger partial charge on any atom is -0.508 e. The number of phenolic OH excluding ortho intramolecular Hbond substituents is 1. The van der Waals surface area contributed by atoms with Crippen LogP contribution >= 0.6 is 0 Å². The van der Waals surface area contributed by atoms with Gasteiger partial charge in [-0.25, -0.2) is 8.78 Å². The summed E-state index contributed by atoms with van der Waals surface area (Å²) in [7, 11) is 0. The van der Waals surface area contributed by atoms with E-state index in [0.29, 0.717) is 22.2 Å². The average Bonchev–Trinajstić information content (AvgIpc) is 3.03. The summed E-state index contributed by atoms with van der Waals surface area (Å²) in [6.45, 7) is 4.59. The van der Waals surface area contributed by atoms with Crippen LogP contribution in [0.4, 0.5) is 8.78 Å². The molecule has 2 atom stereocenters. The zero-order valence-corrected chi connectivity index (χ0v) is 17.6. The third kappa shape index (κ3) is 4.18. The Kier molecular flexibility index (Phi) is 6.29. The first-order valence-corrected chi connectivity index (χ1v) is 9.87. The maximum Gasteiger partial charge on any atom is 0.308 e. The number of benzene rings is 2. The second kappa shape index (κ2) is 8.78. The fourth-order valence-corrected chi connectivity index (χ4v) is 3.62. The van der Waals surface area contributed by atoms with Crippen LogP contribution in [-0.2, 0) is 9.59 Å². The molecule has 0 radical (unpaired) electrons. The lowest BCUT2D eigenvalue weighted by molar-refractivity contribution is -0.141. The van der Waals surface area contributed by atoms with Crippen LogP contribution in [-0.4, -0.2) is 39.1 Å². The maximum atomic E-state index is 13.7. The van der Waals surface area contributed by atoms with Gasteiger partial charge in [0.05, 0.1) is 17.4 Å². The Labute approximate surface area is 182 Å². The number of aromatic hydroxyl groups is 1. The van der Waals surface area contributed by atoms with E-state index >= 15 is 0 Å². The quantitative estimate of drug-likeness (QED) is 0.539. The van der Waals surface area contributed by atoms with Gasteiger partial charge in [0, 0.05) is 23.2 Å². The van der Waals surface area contributed by atoms with Crippen LogP contribution in [0.2, 0.25) is 0 Å². The van der Waals surface area contributed by atoms with E-state index in [1.807, 2.05) is 0 Å². The number of aliphatic carboxylic acids is 1. The van der Waals surface area contributed by atoms with Crippen LogP contribution in [0, 0.1) is 24.5 Å². The number of nitrogens with one attached hydrogen (secondary N) is 1. The van der Waals surface area contributed by atoms with Gasteiger partial charge in [-0.15, -0.1) is 0 Å². The molecule has 0 saturated heterocycles. The average molecular weight is 444 g/mol. The second-order valence-corrected chi connectivity index (χ2v) is 7.68. The van der Waals surface area contributed by atoms with E-state index in [2.05, 4.69) is 5.32 Å². The zero-order chi connectivity index (χ0) is 23.7. The minimum absolute atomic E-state index is 0.0742. The Balaban J connectivity index is 2.08. The van der Waals surface area contributed by atoms with Crippen molar-refractivity contribution in [1.82, 2.24) is 9.88 Å². The van der Waals surface area contributed by atoms with Gasteiger partial charge in [-0.3, -0.25) is 19.0 Å². The molecule has 2 unspecified atom stereocenters. The monoisotopic (exact) mass is 444 g/mol. The third-order valence-electron chi connectivity index (χ3n) is 5.44. The van der Waals surface area contributed by atoms with Crippen molar-refractivity contribution in [3.63, 3.8) is 0 Å². The predicted octanol–water partition coefficient (Wildman–Crippen LogP) is 3.56. The van der Waals surface area contributed by atoms with Gasteiger partial charge in [0.25, 0.3) is 5.91 Å². The van der Waals surface area contributed by atoms with Gasteiger partial charge in [-0.1, -0.05) is 6.92 Å². The van der Waals surface area contributed by atoms with Gasteiger partial charge < -0.3 is 15.5 Å². The summed E-state index contributed by atoms with van der Waals surface area (Å²) in [4.78, 5) is 36.9. The largest absolute Gasteiger partial charge is 0.508 e. The van der Waals surface area contributed by atoms with Gasteiger partial charge in [-0.05, 0) is 55.8 Å². The molecule has 3 aromatic rings. The van der Waals surface area contributed by atoms with E-state index in [-0.39, 0.29) is 17.9 Å². The molecule has 32 heavy (non-hydrogen) atoms. The summed E-state index contributed by atoms with van der Waals surface area (Å²) in [5.74, 6) is -6.03. The molecule has 2 aromatic carbocycles. The summed E-state index contributed by atoms with van der Waals surface area (Å²) >= 11 is 0.